The molecule has 0 bridgehead atoms. The number of hydrogen-bond acceptors (Lipinski definition) is 0. The summed E-state index contributed by atoms with van der Waals surface area (Å²) in [6, 6.07) is 17.7. The van der Waals surface area contributed by atoms with Gasteiger partial charge in [-0.05, 0) is 60.7 Å². The number of aryl methyl sites for hydroxylation is 1. The first-order chi connectivity index (χ1) is 15.3. The molecule has 2 nitrogen and oxygen atoms in total. The number of rotatable bonds is 1. The fraction of sp³-hybridized carbons (Fsp3) is 0.103. The van der Waals surface area contributed by atoms with Crippen molar-refractivity contribution in [2.45, 2.75) is 19.8 Å². The van der Waals surface area contributed by atoms with E-state index in [9.17, 15) is 0 Å². The summed E-state index contributed by atoms with van der Waals surface area (Å²) in [5, 5.41) is 5.16. The molecule has 1 aliphatic carbocycles. The van der Waals surface area contributed by atoms with Gasteiger partial charge >= 0.3 is 0 Å². The van der Waals surface area contributed by atoms with E-state index in [1.807, 2.05) is 6.08 Å². The quantitative estimate of drug-likeness (QED) is 0.292. The summed E-state index contributed by atoms with van der Waals surface area (Å²) in [6.07, 6.45) is 8.49. The van der Waals surface area contributed by atoms with Crippen LogP contribution in [0.25, 0.3) is 50.4 Å². The van der Waals surface area contributed by atoms with Gasteiger partial charge in [-0.2, -0.15) is 0 Å². The molecule has 5 aromatic rings. The number of H-pyrrole nitrogens is 1. The van der Waals surface area contributed by atoms with Crippen LogP contribution < -0.4 is 0 Å². The standard InChI is InChI=1S/C29H20N2/c1-3-8-23-17(2)19-15-13-18-14-16-25-27(26(18)28(19)30-23)22-11-5-4-10-21-20-9-6-7-12-24(20)31(25)29(21)22/h3,5-9,11-16,21,30H,1-2H3/b8-3-. The topological polar surface area (TPSA) is 20.7 Å². The highest BCUT2D eigenvalue weighted by atomic mass is 15.0. The van der Waals surface area contributed by atoms with E-state index in [-0.39, 0.29) is 5.92 Å². The predicted molar refractivity (Wildman–Crippen MR) is 131 cm³/mol. The highest BCUT2D eigenvalue weighted by molar-refractivity contribution is 6.22. The molecule has 2 heteroatoms. The van der Waals surface area contributed by atoms with Gasteiger partial charge in [0.25, 0.3) is 0 Å². The Bertz CT molecular complexity index is 1710. The number of nitrogens with one attached hydrogen (secondary N) is 1. The summed E-state index contributed by atoms with van der Waals surface area (Å²) in [4.78, 5) is 3.73. The summed E-state index contributed by atoms with van der Waals surface area (Å²) >= 11 is 0. The Morgan fingerprint density at radius 2 is 1.90 bits per heavy atom. The van der Waals surface area contributed by atoms with Gasteiger partial charge in [0.1, 0.15) is 0 Å². The average molecular weight is 396 g/mol. The van der Waals surface area contributed by atoms with Crippen LogP contribution in [0.3, 0.4) is 0 Å². The van der Waals surface area contributed by atoms with Gasteiger partial charge in [0.05, 0.1) is 28.3 Å². The van der Waals surface area contributed by atoms with E-state index in [0.29, 0.717) is 0 Å². The van der Waals surface area contributed by atoms with Crippen LogP contribution in [0.4, 0.5) is 0 Å². The molecule has 1 atom stereocenters. The Morgan fingerprint density at radius 3 is 2.81 bits per heavy atom. The molecule has 0 amide bonds. The number of fused-ring (bicyclic) bond motifs is 10. The van der Waals surface area contributed by atoms with Gasteiger partial charge < -0.3 is 9.55 Å². The van der Waals surface area contributed by atoms with E-state index in [1.54, 1.807) is 0 Å². The monoisotopic (exact) mass is 396 g/mol. The smallest absolute Gasteiger partial charge is 0.0887 e. The third kappa shape index (κ3) is 1.99. The van der Waals surface area contributed by atoms with Crippen LogP contribution in [0.1, 0.15) is 40.9 Å². The molecule has 3 aromatic carbocycles. The molecule has 2 aliphatic rings. The number of hydrogen-bond donors (Lipinski definition) is 1. The van der Waals surface area contributed by atoms with Crippen molar-refractivity contribution in [2.24, 2.45) is 0 Å². The molecular formula is C29H20N2. The summed E-state index contributed by atoms with van der Waals surface area (Å²) < 4.78 is 2.44. The Kier molecular flexibility index (Phi) is 3.14. The molecule has 0 radical (unpaired) electrons. The Hall–Kier alpha value is -3.96. The molecule has 0 saturated carbocycles. The maximum Gasteiger partial charge on any atom is 0.0887 e. The molecule has 1 N–H and O–H groups in total. The first-order valence-electron chi connectivity index (χ1n) is 10.8. The van der Waals surface area contributed by atoms with Crippen molar-refractivity contribution >= 4 is 44.7 Å². The second-order valence-corrected chi connectivity index (χ2v) is 8.46. The van der Waals surface area contributed by atoms with E-state index in [0.717, 1.165) is 0 Å². The molecule has 31 heavy (non-hydrogen) atoms. The fourth-order valence-corrected chi connectivity index (χ4v) is 5.59. The summed E-state index contributed by atoms with van der Waals surface area (Å²) in [5.74, 6) is 6.89. The Balaban J connectivity index is 1.73. The highest BCUT2D eigenvalue weighted by Crippen LogP contribution is 2.48. The van der Waals surface area contributed by atoms with E-state index in [1.165, 1.54) is 66.3 Å². The maximum atomic E-state index is 3.73. The van der Waals surface area contributed by atoms with Crippen LogP contribution in [0.5, 0.6) is 0 Å². The first kappa shape index (κ1) is 16.8. The lowest BCUT2D eigenvalue weighted by molar-refractivity contribution is 1.03. The number of aromatic nitrogens is 2. The first-order valence-corrected chi connectivity index (χ1v) is 10.8. The zero-order valence-electron chi connectivity index (χ0n) is 17.5. The second kappa shape index (κ2) is 5.80. The lowest BCUT2D eigenvalue weighted by Crippen LogP contribution is -1.94. The zero-order chi connectivity index (χ0) is 20.7. The third-order valence-corrected chi connectivity index (χ3v) is 6.92. The van der Waals surface area contributed by atoms with Gasteiger partial charge in [0, 0.05) is 27.4 Å². The van der Waals surface area contributed by atoms with Gasteiger partial charge in [0.2, 0.25) is 0 Å². The van der Waals surface area contributed by atoms with E-state index >= 15 is 0 Å². The van der Waals surface area contributed by atoms with Crippen LogP contribution in [0.2, 0.25) is 0 Å². The average Bonchev–Trinajstić information content (AvgIpc) is 3.33. The maximum absolute atomic E-state index is 3.73. The van der Waals surface area contributed by atoms with Crippen molar-refractivity contribution in [2.75, 3.05) is 0 Å². The van der Waals surface area contributed by atoms with Gasteiger partial charge in [-0.3, -0.25) is 0 Å². The molecule has 0 fully saturated rings. The van der Waals surface area contributed by atoms with Crippen LogP contribution in [-0.2, 0) is 0 Å². The molecule has 1 aliphatic heterocycles. The van der Waals surface area contributed by atoms with Crippen molar-refractivity contribution in [3.8, 4) is 17.5 Å². The molecule has 146 valence electrons. The van der Waals surface area contributed by atoms with Crippen molar-refractivity contribution in [3.63, 3.8) is 0 Å². The van der Waals surface area contributed by atoms with Crippen molar-refractivity contribution < 1.29 is 0 Å². The zero-order valence-corrected chi connectivity index (χ0v) is 17.5. The van der Waals surface area contributed by atoms with Crippen LogP contribution in [0, 0.1) is 18.8 Å². The van der Waals surface area contributed by atoms with Crippen LogP contribution >= 0.6 is 0 Å². The Labute approximate surface area is 180 Å². The molecule has 0 saturated heterocycles. The molecular weight excluding hydrogens is 376 g/mol. The normalized spacial score (nSPS) is 16.1. The summed E-state index contributed by atoms with van der Waals surface area (Å²) in [7, 11) is 0. The summed E-state index contributed by atoms with van der Waals surface area (Å²) in [6.45, 7) is 4.27. The number of allylic oxidation sites excluding steroid dienone is 2. The summed E-state index contributed by atoms with van der Waals surface area (Å²) in [5.41, 5.74) is 10.1. The minimum atomic E-state index is 0.117. The molecule has 1 unspecified atom stereocenters. The minimum Gasteiger partial charge on any atom is -0.354 e. The van der Waals surface area contributed by atoms with Gasteiger partial charge in [-0.15, -0.1) is 0 Å². The highest BCUT2D eigenvalue weighted by Gasteiger charge is 2.33. The molecule has 0 spiro atoms. The van der Waals surface area contributed by atoms with Crippen LogP contribution in [0.15, 0.2) is 60.7 Å². The number of aromatic amines is 1. The van der Waals surface area contributed by atoms with Crippen molar-refractivity contribution in [1.29, 1.82) is 0 Å². The predicted octanol–water partition coefficient (Wildman–Crippen LogP) is 7.08. The van der Waals surface area contributed by atoms with E-state index < -0.39 is 0 Å². The largest absolute Gasteiger partial charge is 0.354 e. The second-order valence-electron chi connectivity index (χ2n) is 8.46. The van der Waals surface area contributed by atoms with Crippen molar-refractivity contribution in [1.82, 2.24) is 9.55 Å². The van der Waals surface area contributed by atoms with Gasteiger partial charge in [0.15, 0.2) is 0 Å². The van der Waals surface area contributed by atoms with Gasteiger partial charge in [-0.25, -0.2) is 0 Å². The van der Waals surface area contributed by atoms with E-state index in [4.69, 9.17) is 0 Å². The minimum absolute atomic E-state index is 0.117. The molecule has 3 heterocycles. The van der Waals surface area contributed by atoms with Crippen molar-refractivity contribution in [3.05, 3.63) is 88.8 Å². The van der Waals surface area contributed by atoms with Crippen LogP contribution in [-0.4, -0.2) is 9.55 Å². The molecule has 2 aromatic heterocycles. The third-order valence-electron chi connectivity index (χ3n) is 6.92. The number of para-hydroxylation sites is 1. The number of benzene rings is 3. The number of nitrogens with zero attached hydrogens (tertiary/aromatic N) is 1. The Morgan fingerprint density at radius 1 is 1.03 bits per heavy atom. The SMILES string of the molecule is C/C=C\c1[nH]c2c(ccc3ccc4c(c5c6n4-c4ccccc4C6C#CC=C5)c32)c1C. The lowest BCUT2D eigenvalue weighted by Gasteiger charge is -2.08. The fourth-order valence-electron chi connectivity index (χ4n) is 5.59. The lowest BCUT2D eigenvalue weighted by atomic mass is 9.93. The van der Waals surface area contributed by atoms with E-state index in [2.05, 4.69) is 102 Å². The van der Waals surface area contributed by atoms with Gasteiger partial charge in [-0.1, -0.05) is 54.3 Å². The molecule has 7 rings (SSSR count).